The van der Waals surface area contributed by atoms with Gasteiger partial charge in [0.2, 0.25) is 0 Å². The van der Waals surface area contributed by atoms with Crippen molar-refractivity contribution in [3.8, 4) is 5.75 Å². The van der Waals surface area contributed by atoms with Crippen molar-refractivity contribution in [1.82, 2.24) is 9.88 Å². The molecular formula is C18H23N3O3S. The first-order valence-corrected chi connectivity index (χ1v) is 9.68. The smallest absolute Gasteiger partial charge is 0.262 e. The molecule has 134 valence electrons. The number of aromatic nitrogens is 1. The lowest BCUT2D eigenvalue weighted by Gasteiger charge is -2.31. The second kappa shape index (κ2) is 7.01. The van der Waals surface area contributed by atoms with E-state index in [4.69, 9.17) is 4.74 Å². The molecule has 25 heavy (non-hydrogen) atoms. The Balaban J connectivity index is 2.02. The number of sulfonamides is 1. The first kappa shape index (κ1) is 17.7. The molecule has 6 nitrogen and oxygen atoms in total. The zero-order valence-electron chi connectivity index (χ0n) is 14.7. The molecule has 0 fully saturated rings. The minimum atomic E-state index is -3.68. The summed E-state index contributed by atoms with van der Waals surface area (Å²) < 4.78 is 33.9. The van der Waals surface area contributed by atoms with E-state index in [0.29, 0.717) is 23.0 Å². The number of nitrogens with zero attached hydrogens (tertiary/aromatic N) is 2. The maximum Gasteiger partial charge on any atom is 0.262 e. The molecule has 2 aromatic rings. The molecule has 0 aliphatic heterocycles. The first-order chi connectivity index (χ1) is 11.9. The lowest BCUT2D eigenvalue weighted by Crippen LogP contribution is -2.34. The van der Waals surface area contributed by atoms with Gasteiger partial charge in [-0.2, -0.15) is 0 Å². The van der Waals surface area contributed by atoms with Gasteiger partial charge in [-0.15, -0.1) is 0 Å². The molecule has 3 rings (SSSR count). The Hall–Kier alpha value is -2.12. The number of pyridine rings is 1. The molecule has 1 aromatic carbocycles. The van der Waals surface area contributed by atoms with E-state index in [1.54, 1.807) is 37.6 Å². The van der Waals surface area contributed by atoms with Crippen LogP contribution in [0, 0.1) is 0 Å². The Kier molecular flexibility index (Phi) is 4.96. The average molecular weight is 361 g/mol. The number of likely N-dealkylation sites (N-methyl/N-ethyl adjacent to an activating group) is 1. The number of anilines is 1. The molecular weight excluding hydrogens is 338 g/mol. The number of hydrogen-bond donors (Lipinski definition) is 1. The SMILES string of the molecule is COc1ccc(S(=O)(=O)Nc2cccnc2)c2c1C[C@@H](N(C)C)CC2. The summed E-state index contributed by atoms with van der Waals surface area (Å²) in [6.07, 6.45) is 5.51. The van der Waals surface area contributed by atoms with E-state index in [-0.39, 0.29) is 0 Å². The topological polar surface area (TPSA) is 71.5 Å². The third kappa shape index (κ3) is 3.62. The summed E-state index contributed by atoms with van der Waals surface area (Å²) in [6.45, 7) is 0. The maximum atomic E-state index is 12.9. The molecule has 1 atom stereocenters. The number of ether oxygens (including phenoxy) is 1. The highest BCUT2D eigenvalue weighted by Crippen LogP contribution is 2.35. The average Bonchev–Trinajstić information content (AvgIpc) is 2.60. The highest BCUT2D eigenvalue weighted by molar-refractivity contribution is 7.92. The first-order valence-electron chi connectivity index (χ1n) is 8.20. The number of nitrogens with one attached hydrogen (secondary N) is 1. The molecule has 1 aliphatic rings. The second-order valence-corrected chi connectivity index (χ2v) is 8.08. The molecule has 0 saturated heterocycles. The standard InChI is InChI=1S/C18H23N3O3S/c1-21(2)14-6-7-15-16(11-14)17(24-3)8-9-18(15)25(22,23)20-13-5-4-10-19-12-13/h4-5,8-10,12,14,20H,6-7,11H2,1-3H3/t14-/m0/s1. The molecule has 0 radical (unpaired) electrons. The van der Waals surface area contributed by atoms with Crippen molar-refractivity contribution in [3.05, 3.63) is 47.8 Å². The summed E-state index contributed by atoms with van der Waals surface area (Å²) in [5.41, 5.74) is 2.30. The minimum absolute atomic E-state index is 0.323. The molecule has 0 unspecified atom stereocenters. The number of benzene rings is 1. The zero-order chi connectivity index (χ0) is 18.0. The highest BCUT2D eigenvalue weighted by Gasteiger charge is 2.29. The van der Waals surface area contributed by atoms with Gasteiger partial charge < -0.3 is 9.64 Å². The number of rotatable bonds is 5. The van der Waals surface area contributed by atoms with Crippen LogP contribution in [0.3, 0.4) is 0 Å². The predicted molar refractivity (Wildman–Crippen MR) is 97.5 cm³/mol. The molecule has 0 bridgehead atoms. The van der Waals surface area contributed by atoms with E-state index in [1.807, 2.05) is 14.1 Å². The van der Waals surface area contributed by atoms with Crippen LogP contribution < -0.4 is 9.46 Å². The van der Waals surface area contributed by atoms with E-state index in [9.17, 15) is 8.42 Å². The van der Waals surface area contributed by atoms with Gasteiger partial charge >= 0.3 is 0 Å². The number of hydrogen-bond acceptors (Lipinski definition) is 5. The van der Waals surface area contributed by atoms with Gasteiger partial charge in [-0.05, 0) is 63.2 Å². The molecule has 7 heteroatoms. The Bertz CT molecular complexity index is 851. The molecule has 1 heterocycles. The van der Waals surface area contributed by atoms with E-state index in [0.717, 1.165) is 29.7 Å². The fourth-order valence-electron chi connectivity index (χ4n) is 3.31. The Morgan fingerprint density at radius 1 is 1.24 bits per heavy atom. The van der Waals surface area contributed by atoms with E-state index >= 15 is 0 Å². The van der Waals surface area contributed by atoms with Crippen LogP contribution in [0.1, 0.15) is 17.5 Å². The van der Waals surface area contributed by atoms with Gasteiger partial charge in [0.15, 0.2) is 0 Å². The highest BCUT2D eigenvalue weighted by atomic mass is 32.2. The third-order valence-electron chi connectivity index (χ3n) is 4.67. The Labute approximate surface area is 148 Å². The molecule has 0 spiro atoms. The summed E-state index contributed by atoms with van der Waals surface area (Å²) in [7, 11) is 2.04. The van der Waals surface area contributed by atoms with Crippen LogP contribution in [0.5, 0.6) is 5.75 Å². The summed E-state index contributed by atoms with van der Waals surface area (Å²) in [4.78, 5) is 6.46. The van der Waals surface area contributed by atoms with Gasteiger partial charge in [0.25, 0.3) is 10.0 Å². The molecule has 1 aromatic heterocycles. The molecule has 1 aliphatic carbocycles. The van der Waals surface area contributed by atoms with Gasteiger partial charge in [0.05, 0.1) is 23.9 Å². The van der Waals surface area contributed by atoms with Gasteiger partial charge in [0, 0.05) is 17.8 Å². The normalized spacial score (nSPS) is 17.2. The monoisotopic (exact) mass is 361 g/mol. The summed E-state index contributed by atoms with van der Waals surface area (Å²) in [5, 5.41) is 0. The fraction of sp³-hybridized carbons (Fsp3) is 0.389. The van der Waals surface area contributed by atoms with Crippen LogP contribution in [0.2, 0.25) is 0 Å². The van der Waals surface area contributed by atoms with Crippen molar-refractivity contribution in [2.24, 2.45) is 0 Å². The molecule has 1 N–H and O–H groups in total. The van der Waals surface area contributed by atoms with Crippen LogP contribution in [0.4, 0.5) is 5.69 Å². The fourth-order valence-corrected chi connectivity index (χ4v) is 4.65. The lowest BCUT2D eigenvalue weighted by atomic mass is 9.87. The maximum absolute atomic E-state index is 12.9. The van der Waals surface area contributed by atoms with E-state index < -0.39 is 10.0 Å². The second-order valence-electron chi connectivity index (χ2n) is 6.43. The van der Waals surface area contributed by atoms with Crippen LogP contribution in [0.15, 0.2) is 41.6 Å². The van der Waals surface area contributed by atoms with E-state index in [1.165, 1.54) is 6.20 Å². The van der Waals surface area contributed by atoms with Gasteiger partial charge in [-0.3, -0.25) is 9.71 Å². The largest absolute Gasteiger partial charge is 0.496 e. The Morgan fingerprint density at radius 3 is 2.68 bits per heavy atom. The zero-order valence-corrected chi connectivity index (χ0v) is 15.5. The molecule has 0 saturated carbocycles. The third-order valence-corrected chi connectivity index (χ3v) is 6.13. The molecule has 0 amide bonds. The lowest BCUT2D eigenvalue weighted by molar-refractivity contribution is 0.263. The van der Waals surface area contributed by atoms with Crippen molar-refractivity contribution >= 4 is 15.7 Å². The van der Waals surface area contributed by atoms with Crippen molar-refractivity contribution in [3.63, 3.8) is 0 Å². The number of fused-ring (bicyclic) bond motifs is 1. The van der Waals surface area contributed by atoms with Crippen LogP contribution in [0.25, 0.3) is 0 Å². The van der Waals surface area contributed by atoms with Crippen LogP contribution in [-0.4, -0.2) is 45.5 Å². The van der Waals surface area contributed by atoms with E-state index in [2.05, 4.69) is 14.6 Å². The van der Waals surface area contributed by atoms with Gasteiger partial charge in [-0.25, -0.2) is 8.42 Å². The quantitative estimate of drug-likeness (QED) is 0.885. The summed E-state index contributed by atoms with van der Waals surface area (Å²) in [5.74, 6) is 0.752. The van der Waals surface area contributed by atoms with Crippen molar-refractivity contribution in [2.75, 3.05) is 25.9 Å². The predicted octanol–water partition coefficient (Wildman–Crippen LogP) is 2.31. The number of methoxy groups -OCH3 is 1. The summed E-state index contributed by atoms with van der Waals surface area (Å²) >= 11 is 0. The van der Waals surface area contributed by atoms with Gasteiger partial charge in [0.1, 0.15) is 5.75 Å². The van der Waals surface area contributed by atoms with Crippen molar-refractivity contribution in [1.29, 1.82) is 0 Å². The van der Waals surface area contributed by atoms with Crippen molar-refractivity contribution < 1.29 is 13.2 Å². The van der Waals surface area contributed by atoms with Crippen molar-refractivity contribution in [2.45, 2.75) is 30.2 Å². The summed E-state index contributed by atoms with van der Waals surface area (Å²) in [6, 6.07) is 7.14. The van der Waals surface area contributed by atoms with Crippen LogP contribution in [-0.2, 0) is 22.9 Å². The van der Waals surface area contributed by atoms with Crippen LogP contribution >= 0.6 is 0 Å². The Morgan fingerprint density at radius 2 is 2.04 bits per heavy atom. The minimum Gasteiger partial charge on any atom is -0.496 e. The van der Waals surface area contributed by atoms with Gasteiger partial charge in [-0.1, -0.05) is 0 Å².